The van der Waals surface area contributed by atoms with E-state index in [1.807, 2.05) is 31.5 Å². The van der Waals surface area contributed by atoms with Crippen molar-refractivity contribution in [2.75, 3.05) is 32.0 Å². The fourth-order valence-corrected chi connectivity index (χ4v) is 4.56. The first-order valence-electron chi connectivity index (χ1n) is 11.1. The van der Waals surface area contributed by atoms with E-state index in [4.69, 9.17) is 9.97 Å². The molecule has 0 saturated carbocycles. The van der Waals surface area contributed by atoms with Crippen molar-refractivity contribution < 1.29 is 0 Å². The largest absolute Gasteiger partial charge is 0.354 e. The summed E-state index contributed by atoms with van der Waals surface area (Å²) in [4.78, 5) is 24.6. The number of hydrogen-bond donors (Lipinski definition) is 2. The SMILES string of the molecule is Cc1nc2ccc(-c3c[nH]c4nc(NCC5CCN(C)CC5)ncc34)nc2n1C(C)C. The van der Waals surface area contributed by atoms with Gasteiger partial charge in [-0.05, 0) is 71.8 Å². The lowest BCUT2D eigenvalue weighted by Gasteiger charge is -2.28. The number of fused-ring (bicyclic) bond motifs is 2. The molecule has 0 amide bonds. The Labute approximate surface area is 182 Å². The van der Waals surface area contributed by atoms with Gasteiger partial charge in [-0.15, -0.1) is 0 Å². The van der Waals surface area contributed by atoms with Gasteiger partial charge in [0, 0.05) is 35.9 Å². The maximum Gasteiger partial charge on any atom is 0.224 e. The van der Waals surface area contributed by atoms with Crippen molar-refractivity contribution in [2.45, 2.75) is 39.7 Å². The Bertz CT molecular complexity index is 1210. The van der Waals surface area contributed by atoms with Gasteiger partial charge in [0.05, 0.1) is 5.69 Å². The Kier molecular flexibility index (Phi) is 5.09. The highest BCUT2D eigenvalue weighted by atomic mass is 15.1. The lowest BCUT2D eigenvalue weighted by Crippen LogP contribution is -2.33. The van der Waals surface area contributed by atoms with Gasteiger partial charge in [0.25, 0.3) is 0 Å². The normalized spacial score (nSPS) is 16.0. The van der Waals surface area contributed by atoms with E-state index in [2.05, 4.69) is 50.6 Å². The van der Waals surface area contributed by atoms with Crippen LogP contribution in [0.4, 0.5) is 5.95 Å². The molecule has 0 unspecified atom stereocenters. The molecule has 1 aliphatic heterocycles. The Morgan fingerprint density at radius 1 is 1.16 bits per heavy atom. The molecule has 8 nitrogen and oxygen atoms in total. The first-order valence-corrected chi connectivity index (χ1v) is 11.1. The second kappa shape index (κ2) is 7.92. The van der Waals surface area contributed by atoms with Crippen LogP contribution in [0.2, 0.25) is 0 Å². The molecule has 4 aromatic heterocycles. The van der Waals surface area contributed by atoms with Gasteiger partial charge in [-0.3, -0.25) is 0 Å². The van der Waals surface area contributed by atoms with Crippen molar-refractivity contribution in [3.63, 3.8) is 0 Å². The number of nitrogens with zero attached hydrogens (tertiary/aromatic N) is 6. The highest BCUT2D eigenvalue weighted by molar-refractivity contribution is 5.93. The van der Waals surface area contributed by atoms with Gasteiger partial charge in [0.15, 0.2) is 5.65 Å². The van der Waals surface area contributed by atoms with E-state index in [9.17, 15) is 0 Å². The first-order chi connectivity index (χ1) is 15.0. The number of imidazole rings is 1. The second-order valence-corrected chi connectivity index (χ2v) is 8.95. The smallest absolute Gasteiger partial charge is 0.224 e. The summed E-state index contributed by atoms with van der Waals surface area (Å²) < 4.78 is 2.18. The van der Waals surface area contributed by atoms with E-state index in [0.29, 0.717) is 17.9 Å². The minimum Gasteiger partial charge on any atom is -0.354 e. The van der Waals surface area contributed by atoms with E-state index in [1.54, 1.807) is 0 Å². The van der Waals surface area contributed by atoms with Crippen molar-refractivity contribution in [1.82, 2.24) is 34.4 Å². The van der Waals surface area contributed by atoms with Crippen molar-refractivity contribution >= 4 is 28.1 Å². The van der Waals surface area contributed by atoms with Crippen LogP contribution in [0.25, 0.3) is 33.5 Å². The van der Waals surface area contributed by atoms with Crippen molar-refractivity contribution in [3.05, 3.63) is 30.4 Å². The number of aryl methyl sites for hydroxylation is 1. The summed E-state index contributed by atoms with van der Waals surface area (Å²) in [6.07, 6.45) is 6.30. The lowest BCUT2D eigenvalue weighted by molar-refractivity contribution is 0.226. The fourth-order valence-electron chi connectivity index (χ4n) is 4.56. The van der Waals surface area contributed by atoms with Crippen LogP contribution < -0.4 is 5.32 Å². The molecular formula is C23H30N8. The van der Waals surface area contributed by atoms with Crippen LogP contribution in [0.3, 0.4) is 0 Å². The molecule has 0 spiro atoms. The molecule has 1 saturated heterocycles. The first kappa shape index (κ1) is 19.9. The minimum absolute atomic E-state index is 0.303. The molecule has 31 heavy (non-hydrogen) atoms. The number of hydrogen-bond acceptors (Lipinski definition) is 6. The summed E-state index contributed by atoms with van der Waals surface area (Å²) in [7, 11) is 2.19. The summed E-state index contributed by atoms with van der Waals surface area (Å²) >= 11 is 0. The van der Waals surface area contributed by atoms with Gasteiger partial charge in [-0.2, -0.15) is 4.98 Å². The molecule has 0 aliphatic carbocycles. The second-order valence-electron chi connectivity index (χ2n) is 8.95. The molecule has 0 radical (unpaired) electrons. The van der Waals surface area contributed by atoms with E-state index in [-0.39, 0.29) is 0 Å². The Morgan fingerprint density at radius 3 is 2.74 bits per heavy atom. The number of H-pyrrole nitrogens is 1. The van der Waals surface area contributed by atoms with Crippen LogP contribution in [-0.2, 0) is 0 Å². The number of aromatic amines is 1. The molecule has 8 heteroatoms. The molecule has 5 rings (SSSR count). The van der Waals surface area contributed by atoms with Gasteiger partial charge < -0.3 is 19.8 Å². The summed E-state index contributed by atoms with van der Waals surface area (Å²) in [5.74, 6) is 2.34. The molecule has 0 aromatic carbocycles. The van der Waals surface area contributed by atoms with Crippen LogP contribution in [0, 0.1) is 12.8 Å². The quantitative estimate of drug-likeness (QED) is 0.509. The van der Waals surface area contributed by atoms with Crippen molar-refractivity contribution in [3.8, 4) is 11.3 Å². The van der Waals surface area contributed by atoms with Crippen LogP contribution in [0.1, 0.15) is 38.6 Å². The number of pyridine rings is 1. The zero-order valence-corrected chi connectivity index (χ0v) is 18.7. The van der Waals surface area contributed by atoms with E-state index < -0.39 is 0 Å². The molecule has 162 valence electrons. The zero-order chi connectivity index (χ0) is 21.5. The summed E-state index contributed by atoms with van der Waals surface area (Å²) in [5.41, 5.74) is 4.57. The van der Waals surface area contributed by atoms with Crippen molar-refractivity contribution in [1.29, 1.82) is 0 Å². The molecule has 5 heterocycles. The molecule has 1 aliphatic rings. The predicted octanol–water partition coefficient (Wildman–Crippen LogP) is 4.01. The number of piperidine rings is 1. The monoisotopic (exact) mass is 418 g/mol. The highest BCUT2D eigenvalue weighted by Crippen LogP contribution is 2.29. The Hall–Kier alpha value is -3.00. The van der Waals surface area contributed by atoms with Gasteiger partial charge in [0.2, 0.25) is 5.95 Å². The van der Waals surface area contributed by atoms with Gasteiger partial charge in [-0.1, -0.05) is 0 Å². The van der Waals surface area contributed by atoms with Crippen LogP contribution in [0.5, 0.6) is 0 Å². The van der Waals surface area contributed by atoms with E-state index in [1.165, 1.54) is 25.9 Å². The van der Waals surface area contributed by atoms with Gasteiger partial charge in [0.1, 0.15) is 17.0 Å². The third-order valence-electron chi connectivity index (χ3n) is 6.33. The lowest BCUT2D eigenvalue weighted by atomic mass is 9.97. The van der Waals surface area contributed by atoms with Crippen LogP contribution in [0.15, 0.2) is 24.5 Å². The maximum atomic E-state index is 4.94. The number of rotatable bonds is 5. The molecular weight excluding hydrogens is 388 g/mol. The zero-order valence-electron chi connectivity index (χ0n) is 18.7. The average Bonchev–Trinajstić information content (AvgIpc) is 3.32. The van der Waals surface area contributed by atoms with Gasteiger partial charge in [-0.25, -0.2) is 15.0 Å². The number of aromatic nitrogens is 6. The molecule has 1 fully saturated rings. The maximum absolute atomic E-state index is 4.94. The van der Waals surface area contributed by atoms with E-state index in [0.717, 1.165) is 45.8 Å². The standard InChI is InChI=1S/C23H30N8/c1-14(2)31-15(3)27-20-6-5-19(28-22(20)31)17-12-24-21-18(17)13-26-23(29-21)25-11-16-7-9-30(4)10-8-16/h5-6,12-14,16H,7-11H2,1-4H3,(H2,24,25,26,29). The minimum atomic E-state index is 0.303. The fraction of sp³-hybridized carbons (Fsp3) is 0.478. The molecule has 0 bridgehead atoms. The molecule has 0 atom stereocenters. The van der Waals surface area contributed by atoms with Crippen molar-refractivity contribution in [2.24, 2.45) is 5.92 Å². The Balaban J connectivity index is 1.40. The number of anilines is 1. The van der Waals surface area contributed by atoms with Crippen LogP contribution in [-0.4, -0.2) is 61.1 Å². The van der Waals surface area contributed by atoms with E-state index >= 15 is 0 Å². The number of likely N-dealkylation sites (tertiary alicyclic amines) is 1. The topological polar surface area (TPSA) is 87.6 Å². The summed E-state index contributed by atoms with van der Waals surface area (Å²) in [5, 5.41) is 4.41. The van der Waals surface area contributed by atoms with Gasteiger partial charge >= 0.3 is 0 Å². The highest BCUT2D eigenvalue weighted by Gasteiger charge is 2.18. The summed E-state index contributed by atoms with van der Waals surface area (Å²) in [6.45, 7) is 9.59. The number of nitrogens with one attached hydrogen (secondary N) is 2. The summed E-state index contributed by atoms with van der Waals surface area (Å²) in [6, 6.07) is 4.37. The van der Waals surface area contributed by atoms with Crippen LogP contribution >= 0.6 is 0 Å². The Morgan fingerprint density at radius 2 is 1.97 bits per heavy atom. The third-order valence-corrected chi connectivity index (χ3v) is 6.33. The average molecular weight is 419 g/mol. The predicted molar refractivity (Wildman–Crippen MR) is 124 cm³/mol. The molecule has 2 N–H and O–H groups in total. The third kappa shape index (κ3) is 3.76. The molecule has 4 aromatic rings.